The molecule has 30 heavy (non-hydrogen) atoms. The maximum Gasteiger partial charge on any atom is 0.161 e. The largest absolute Gasteiger partial charge is 0.493 e. The molecule has 2 aromatic carbocycles. The van der Waals surface area contributed by atoms with Crippen molar-refractivity contribution < 1.29 is 13.9 Å². The second-order valence-corrected chi connectivity index (χ2v) is 7.98. The lowest BCUT2D eigenvalue weighted by molar-refractivity contribution is 0.212. The summed E-state index contributed by atoms with van der Waals surface area (Å²) in [5.74, 6) is 2.67. The molecule has 0 saturated carbocycles. The van der Waals surface area contributed by atoms with Crippen LogP contribution < -0.4 is 9.47 Å². The molecule has 0 amide bonds. The van der Waals surface area contributed by atoms with E-state index in [9.17, 15) is 4.39 Å². The standard InChI is InChI=1S/C23H29FN2O2.2ClH/c1-25-14-18-15-26(11-6-12-28-22-10-4-3-9-21(22)27-2)16-20(18)23(25)17-7-5-8-19(24)13-17;;/h3-5,7-10,13,18,20,23H,6,11-12,14-16H2,1-2H3;2*1H/t18-,20+,23-;;/m0../s1. The fraction of sp³-hybridized carbons (Fsp3) is 0.478. The number of para-hydroxylation sites is 2. The maximum absolute atomic E-state index is 13.7. The van der Waals surface area contributed by atoms with Crippen LogP contribution in [-0.2, 0) is 0 Å². The van der Waals surface area contributed by atoms with Crippen molar-refractivity contribution in [3.05, 3.63) is 59.9 Å². The number of methoxy groups -OCH3 is 1. The first-order valence-electron chi connectivity index (χ1n) is 10.1. The second-order valence-electron chi connectivity index (χ2n) is 7.98. The topological polar surface area (TPSA) is 24.9 Å². The van der Waals surface area contributed by atoms with E-state index in [-0.39, 0.29) is 30.6 Å². The quantitative estimate of drug-likeness (QED) is 0.564. The van der Waals surface area contributed by atoms with Crippen LogP contribution in [0.4, 0.5) is 4.39 Å². The van der Waals surface area contributed by atoms with Crippen LogP contribution in [0.5, 0.6) is 11.5 Å². The SMILES string of the molecule is COc1ccccc1OCCCN1C[C@@H]2CN(C)[C@@H](c3cccc(F)c3)[C@@H]2C1.Cl.Cl. The first-order chi connectivity index (χ1) is 13.7. The molecule has 4 rings (SSSR count). The summed E-state index contributed by atoms with van der Waals surface area (Å²) in [5.41, 5.74) is 1.11. The van der Waals surface area contributed by atoms with Crippen molar-refractivity contribution in [2.75, 3.05) is 46.9 Å². The van der Waals surface area contributed by atoms with Gasteiger partial charge in [-0.15, -0.1) is 24.8 Å². The summed E-state index contributed by atoms with van der Waals surface area (Å²) < 4.78 is 24.9. The minimum absolute atomic E-state index is 0. The van der Waals surface area contributed by atoms with E-state index in [1.54, 1.807) is 13.2 Å². The third-order valence-corrected chi connectivity index (χ3v) is 6.11. The molecule has 3 atom stereocenters. The van der Waals surface area contributed by atoms with E-state index >= 15 is 0 Å². The van der Waals surface area contributed by atoms with Gasteiger partial charge in [-0.25, -0.2) is 4.39 Å². The Balaban J connectivity index is 0.00000160. The van der Waals surface area contributed by atoms with Crippen LogP contribution in [0.1, 0.15) is 18.0 Å². The molecule has 0 unspecified atom stereocenters. The molecular formula is C23H31Cl2FN2O2. The third-order valence-electron chi connectivity index (χ3n) is 6.11. The maximum atomic E-state index is 13.7. The third kappa shape index (κ3) is 5.38. The Morgan fingerprint density at radius 3 is 2.50 bits per heavy atom. The average Bonchev–Trinajstić information content (AvgIpc) is 3.21. The zero-order valence-corrected chi connectivity index (χ0v) is 19.1. The molecule has 0 N–H and O–H groups in total. The van der Waals surface area contributed by atoms with Gasteiger partial charge in [0.05, 0.1) is 13.7 Å². The molecule has 0 radical (unpaired) electrons. The van der Waals surface area contributed by atoms with E-state index in [4.69, 9.17) is 9.47 Å². The highest BCUT2D eigenvalue weighted by molar-refractivity contribution is 5.85. The van der Waals surface area contributed by atoms with Gasteiger partial charge >= 0.3 is 0 Å². The highest BCUT2D eigenvalue weighted by Gasteiger charge is 2.45. The van der Waals surface area contributed by atoms with Gasteiger partial charge in [-0.1, -0.05) is 24.3 Å². The fourth-order valence-electron chi connectivity index (χ4n) is 4.93. The molecule has 0 bridgehead atoms. The number of hydrogen-bond donors (Lipinski definition) is 0. The van der Waals surface area contributed by atoms with Gasteiger partial charge in [-0.3, -0.25) is 4.90 Å². The molecule has 2 heterocycles. The van der Waals surface area contributed by atoms with Crippen LogP contribution in [0.3, 0.4) is 0 Å². The first kappa shape index (κ1) is 24.7. The summed E-state index contributed by atoms with van der Waals surface area (Å²) in [6, 6.07) is 15.2. The number of hydrogen-bond acceptors (Lipinski definition) is 4. The number of nitrogens with zero attached hydrogens (tertiary/aromatic N) is 2. The Kier molecular flexibility index (Phi) is 9.23. The fourth-order valence-corrected chi connectivity index (χ4v) is 4.93. The smallest absolute Gasteiger partial charge is 0.161 e. The molecule has 2 aliphatic rings. The number of rotatable bonds is 7. The van der Waals surface area contributed by atoms with Crippen molar-refractivity contribution in [2.45, 2.75) is 12.5 Å². The van der Waals surface area contributed by atoms with Crippen LogP contribution in [0.15, 0.2) is 48.5 Å². The lowest BCUT2D eigenvalue weighted by Gasteiger charge is -2.27. The van der Waals surface area contributed by atoms with Crippen LogP contribution >= 0.6 is 24.8 Å². The lowest BCUT2D eigenvalue weighted by Crippen LogP contribution is -2.30. The molecule has 166 valence electrons. The molecule has 4 nitrogen and oxygen atoms in total. The highest BCUT2D eigenvalue weighted by Crippen LogP contribution is 2.44. The minimum Gasteiger partial charge on any atom is -0.493 e. The van der Waals surface area contributed by atoms with Crippen molar-refractivity contribution in [1.82, 2.24) is 9.80 Å². The summed E-state index contributed by atoms with van der Waals surface area (Å²) in [7, 11) is 3.83. The van der Waals surface area contributed by atoms with Gasteiger partial charge in [0.15, 0.2) is 11.5 Å². The Bertz CT molecular complexity index is 810. The first-order valence-corrected chi connectivity index (χ1v) is 10.1. The van der Waals surface area contributed by atoms with Crippen molar-refractivity contribution in [1.29, 1.82) is 0 Å². The van der Waals surface area contributed by atoms with E-state index in [0.29, 0.717) is 24.5 Å². The van der Waals surface area contributed by atoms with Gasteiger partial charge in [0.2, 0.25) is 0 Å². The lowest BCUT2D eigenvalue weighted by atomic mass is 9.89. The van der Waals surface area contributed by atoms with Crippen LogP contribution in [-0.4, -0.2) is 56.7 Å². The van der Waals surface area contributed by atoms with E-state index in [0.717, 1.165) is 49.7 Å². The number of likely N-dealkylation sites (tertiary alicyclic amines) is 2. The summed E-state index contributed by atoms with van der Waals surface area (Å²) in [4.78, 5) is 4.94. The normalized spacial score (nSPS) is 23.4. The molecule has 2 fully saturated rings. The minimum atomic E-state index is -0.141. The Morgan fingerprint density at radius 1 is 1.00 bits per heavy atom. The van der Waals surface area contributed by atoms with Gasteiger partial charge in [-0.2, -0.15) is 0 Å². The summed E-state index contributed by atoms with van der Waals surface area (Å²) in [5, 5.41) is 0. The van der Waals surface area contributed by atoms with Gasteiger partial charge in [0.1, 0.15) is 5.82 Å². The van der Waals surface area contributed by atoms with Crippen molar-refractivity contribution >= 4 is 24.8 Å². The summed E-state index contributed by atoms with van der Waals surface area (Å²) >= 11 is 0. The zero-order valence-electron chi connectivity index (χ0n) is 17.5. The molecular weight excluding hydrogens is 426 g/mol. The molecule has 0 aromatic heterocycles. The number of fused-ring (bicyclic) bond motifs is 1. The molecule has 2 saturated heterocycles. The van der Waals surface area contributed by atoms with Crippen molar-refractivity contribution in [2.24, 2.45) is 11.8 Å². The Morgan fingerprint density at radius 2 is 1.77 bits per heavy atom. The zero-order chi connectivity index (χ0) is 19.5. The number of halogens is 3. The van der Waals surface area contributed by atoms with E-state index in [2.05, 4.69) is 22.9 Å². The van der Waals surface area contributed by atoms with Gasteiger partial charge in [0.25, 0.3) is 0 Å². The van der Waals surface area contributed by atoms with Crippen LogP contribution in [0, 0.1) is 17.7 Å². The predicted octanol–water partition coefficient (Wildman–Crippen LogP) is 4.68. The summed E-state index contributed by atoms with van der Waals surface area (Å²) in [6.45, 7) is 4.99. The summed E-state index contributed by atoms with van der Waals surface area (Å²) in [6.07, 6.45) is 0.984. The van der Waals surface area contributed by atoms with Gasteiger partial charge in [0, 0.05) is 32.2 Å². The molecule has 2 aliphatic heterocycles. The molecule has 2 aromatic rings. The average molecular weight is 457 g/mol. The highest BCUT2D eigenvalue weighted by atomic mass is 35.5. The number of ether oxygens (including phenoxy) is 2. The molecule has 0 spiro atoms. The van der Waals surface area contributed by atoms with Crippen molar-refractivity contribution in [3.8, 4) is 11.5 Å². The molecule has 7 heteroatoms. The van der Waals surface area contributed by atoms with Crippen LogP contribution in [0.2, 0.25) is 0 Å². The Labute approximate surface area is 191 Å². The predicted molar refractivity (Wildman–Crippen MR) is 123 cm³/mol. The van der Waals surface area contributed by atoms with Gasteiger partial charge < -0.3 is 14.4 Å². The second kappa shape index (κ2) is 11.2. The Hall–Kier alpha value is -1.53. The van der Waals surface area contributed by atoms with Crippen molar-refractivity contribution in [3.63, 3.8) is 0 Å². The van der Waals surface area contributed by atoms with E-state index in [1.165, 1.54) is 6.07 Å². The molecule has 0 aliphatic carbocycles. The van der Waals surface area contributed by atoms with E-state index < -0.39 is 0 Å². The van der Waals surface area contributed by atoms with Gasteiger partial charge in [-0.05, 0) is 55.1 Å². The van der Waals surface area contributed by atoms with Crippen LogP contribution in [0.25, 0.3) is 0 Å². The monoisotopic (exact) mass is 456 g/mol. The number of benzene rings is 2. The van der Waals surface area contributed by atoms with E-state index in [1.807, 2.05) is 30.3 Å².